The molecule has 0 amide bonds. The van der Waals surface area contributed by atoms with Gasteiger partial charge in [-0.05, 0) is 13.0 Å². The van der Waals surface area contributed by atoms with Gasteiger partial charge in [-0.1, -0.05) is 18.2 Å². The van der Waals surface area contributed by atoms with Crippen molar-refractivity contribution in [1.29, 1.82) is 5.26 Å². The normalized spacial score (nSPS) is 16.5. The summed E-state index contributed by atoms with van der Waals surface area (Å²) < 4.78 is 20.0. The summed E-state index contributed by atoms with van der Waals surface area (Å²) in [5, 5.41) is 19.2. The number of pyridine rings is 1. The number of benzene rings is 1. The van der Waals surface area contributed by atoms with Gasteiger partial charge in [0.2, 0.25) is 5.88 Å². The van der Waals surface area contributed by atoms with Crippen molar-refractivity contribution < 1.29 is 14.3 Å². The van der Waals surface area contributed by atoms with E-state index in [1.54, 1.807) is 6.07 Å². The smallest absolute Gasteiger partial charge is 0.291 e. The van der Waals surface area contributed by atoms with E-state index in [0.29, 0.717) is 4.73 Å². The molecular formula is C16H12FN3O3. The van der Waals surface area contributed by atoms with Gasteiger partial charge in [0.05, 0.1) is 17.2 Å². The topological polar surface area (TPSA) is 101 Å². The second-order valence-electron chi connectivity index (χ2n) is 5.13. The molecule has 0 spiro atoms. The van der Waals surface area contributed by atoms with Crippen LogP contribution in [0.25, 0.3) is 0 Å². The maximum atomic E-state index is 14.2. The number of aromatic nitrogens is 1. The molecule has 7 heteroatoms. The maximum Gasteiger partial charge on any atom is 0.291 e. The molecule has 0 saturated heterocycles. The summed E-state index contributed by atoms with van der Waals surface area (Å²) in [7, 11) is 0. The van der Waals surface area contributed by atoms with Crippen LogP contribution in [0.2, 0.25) is 0 Å². The first-order valence-electron chi connectivity index (χ1n) is 6.73. The SMILES string of the molecule is Cc1cc2c(c(=O)n1O)[C@@H](c1ccccc1F)C(C#N)=C(N)O2. The molecule has 0 unspecified atom stereocenters. The Morgan fingerprint density at radius 3 is 2.78 bits per heavy atom. The van der Waals surface area contributed by atoms with E-state index in [1.165, 1.54) is 31.2 Å². The number of nitrogens with two attached hydrogens (primary N) is 1. The van der Waals surface area contributed by atoms with Gasteiger partial charge in [0.1, 0.15) is 23.2 Å². The van der Waals surface area contributed by atoms with Crippen LogP contribution in [0.1, 0.15) is 22.7 Å². The lowest BCUT2D eigenvalue weighted by atomic mass is 9.84. The summed E-state index contributed by atoms with van der Waals surface area (Å²) in [5.74, 6) is -1.72. The Hall–Kier alpha value is -3.27. The lowest BCUT2D eigenvalue weighted by Gasteiger charge is -2.26. The minimum absolute atomic E-state index is 0.0334. The fraction of sp³-hybridized carbons (Fsp3) is 0.125. The third kappa shape index (κ3) is 2.12. The first-order chi connectivity index (χ1) is 11.0. The number of hydrogen-bond donors (Lipinski definition) is 2. The summed E-state index contributed by atoms with van der Waals surface area (Å²) >= 11 is 0. The summed E-state index contributed by atoms with van der Waals surface area (Å²) in [5.41, 5.74) is 5.20. The lowest BCUT2D eigenvalue weighted by Crippen LogP contribution is -2.32. The Morgan fingerprint density at radius 2 is 2.13 bits per heavy atom. The molecule has 2 aromatic rings. The number of halogens is 1. The molecule has 0 radical (unpaired) electrons. The number of aryl methyl sites for hydroxylation is 1. The number of ether oxygens (including phenoxy) is 1. The fourth-order valence-corrected chi connectivity index (χ4v) is 2.66. The maximum absolute atomic E-state index is 14.2. The van der Waals surface area contributed by atoms with Crippen LogP contribution in [0, 0.1) is 24.1 Å². The van der Waals surface area contributed by atoms with Gasteiger partial charge in [-0.2, -0.15) is 9.99 Å². The summed E-state index contributed by atoms with van der Waals surface area (Å²) in [6, 6.07) is 9.04. The molecular weight excluding hydrogens is 301 g/mol. The third-order valence-electron chi connectivity index (χ3n) is 3.76. The monoisotopic (exact) mass is 313 g/mol. The van der Waals surface area contributed by atoms with Crippen LogP contribution < -0.4 is 16.0 Å². The predicted octanol–water partition coefficient (Wildman–Crippen LogP) is 1.75. The van der Waals surface area contributed by atoms with E-state index in [4.69, 9.17) is 10.5 Å². The van der Waals surface area contributed by atoms with Crippen molar-refractivity contribution in [2.75, 3.05) is 0 Å². The van der Waals surface area contributed by atoms with Crippen molar-refractivity contribution in [1.82, 2.24) is 4.73 Å². The molecule has 1 aromatic heterocycles. The number of nitrogens with zero attached hydrogens (tertiary/aromatic N) is 2. The van der Waals surface area contributed by atoms with E-state index in [0.717, 1.165) is 0 Å². The molecule has 0 aliphatic carbocycles. The molecule has 116 valence electrons. The molecule has 1 atom stereocenters. The van der Waals surface area contributed by atoms with Gasteiger partial charge in [-0.25, -0.2) is 4.39 Å². The molecule has 0 saturated carbocycles. The number of hydrogen-bond acceptors (Lipinski definition) is 5. The van der Waals surface area contributed by atoms with E-state index in [2.05, 4.69) is 0 Å². The van der Waals surface area contributed by atoms with Gasteiger partial charge >= 0.3 is 0 Å². The largest absolute Gasteiger partial charge is 0.440 e. The predicted molar refractivity (Wildman–Crippen MR) is 78.3 cm³/mol. The van der Waals surface area contributed by atoms with Crippen LogP contribution in [0.5, 0.6) is 5.75 Å². The van der Waals surface area contributed by atoms with Crippen LogP contribution >= 0.6 is 0 Å². The van der Waals surface area contributed by atoms with Gasteiger partial charge in [0.15, 0.2) is 0 Å². The number of allylic oxidation sites excluding steroid dienone is 1. The van der Waals surface area contributed by atoms with Gasteiger partial charge in [0, 0.05) is 11.6 Å². The minimum atomic E-state index is -1.04. The van der Waals surface area contributed by atoms with E-state index >= 15 is 0 Å². The minimum Gasteiger partial charge on any atom is -0.440 e. The zero-order chi connectivity index (χ0) is 16.7. The molecule has 3 rings (SSSR count). The molecule has 1 aromatic carbocycles. The first kappa shape index (κ1) is 14.7. The van der Waals surface area contributed by atoms with Crippen molar-refractivity contribution >= 4 is 0 Å². The molecule has 0 fully saturated rings. The molecule has 6 nitrogen and oxygen atoms in total. The summed E-state index contributed by atoms with van der Waals surface area (Å²) in [4.78, 5) is 12.4. The Balaban J connectivity index is 2.39. The summed E-state index contributed by atoms with van der Waals surface area (Å²) in [6.45, 7) is 1.50. The molecule has 3 N–H and O–H groups in total. The quantitative estimate of drug-likeness (QED) is 0.781. The zero-order valence-corrected chi connectivity index (χ0v) is 12.1. The van der Waals surface area contributed by atoms with Crippen LogP contribution in [0.15, 0.2) is 46.6 Å². The van der Waals surface area contributed by atoms with Gasteiger partial charge < -0.3 is 15.7 Å². The lowest BCUT2D eigenvalue weighted by molar-refractivity contribution is 0.165. The van der Waals surface area contributed by atoms with Crippen molar-refractivity contribution in [3.8, 4) is 11.8 Å². The van der Waals surface area contributed by atoms with Crippen LogP contribution in [-0.2, 0) is 0 Å². The van der Waals surface area contributed by atoms with Crippen LogP contribution in [0.4, 0.5) is 4.39 Å². The van der Waals surface area contributed by atoms with Crippen molar-refractivity contribution in [2.24, 2.45) is 5.73 Å². The second-order valence-corrected chi connectivity index (χ2v) is 5.13. The standard InChI is InChI=1S/C16H12FN3O3/c1-8-6-12-14(16(21)20(8)22)13(10(7-18)15(19)23-12)9-4-2-3-5-11(9)17/h2-6,13,22H,19H2,1H3/t13-/m0/s1. The van der Waals surface area contributed by atoms with Crippen LogP contribution in [-0.4, -0.2) is 9.94 Å². The van der Waals surface area contributed by atoms with Gasteiger partial charge in [-0.3, -0.25) is 4.79 Å². The summed E-state index contributed by atoms with van der Waals surface area (Å²) in [6.07, 6.45) is 0. The Bertz CT molecular complexity index is 941. The van der Waals surface area contributed by atoms with Crippen LogP contribution in [0.3, 0.4) is 0 Å². The van der Waals surface area contributed by atoms with Crippen molar-refractivity contribution in [2.45, 2.75) is 12.8 Å². The van der Waals surface area contributed by atoms with E-state index in [9.17, 15) is 19.7 Å². The second kappa shape index (κ2) is 5.18. The average molecular weight is 313 g/mol. The van der Waals surface area contributed by atoms with Crippen molar-refractivity contribution in [3.05, 3.63) is 74.8 Å². The molecule has 23 heavy (non-hydrogen) atoms. The number of fused-ring (bicyclic) bond motifs is 1. The highest BCUT2D eigenvalue weighted by Gasteiger charge is 2.35. The Labute approximate surface area is 130 Å². The van der Waals surface area contributed by atoms with E-state index in [1.807, 2.05) is 6.07 Å². The number of nitriles is 1. The van der Waals surface area contributed by atoms with Crippen molar-refractivity contribution in [3.63, 3.8) is 0 Å². The Kier molecular flexibility index (Phi) is 3.30. The molecule has 2 heterocycles. The molecule has 1 aliphatic rings. The molecule has 0 bridgehead atoms. The van der Waals surface area contributed by atoms with Gasteiger partial charge in [0.25, 0.3) is 5.56 Å². The van der Waals surface area contributed by atoms with E-state index in [-0.39, 0.29) is 34.0 Å². The highest BCUT2D eigenvalue weighted by atomic mass is 19.1. The Morgan fingerprint density at radius 1 is 1.43 bits per heavy atom. The zero-order valence-electron chi connectivity index (χ0n) is 12.1. The van der Waals surface area contributed by atoms with Gasteiger partial charge in [-0.15, -0.1) is 0 Å². The molecule has 1 aliphatic heterocycles. The highest BCUT2D eigenvalue weighted by molar-refractivity contribution is 5.55. The average Bonchev–Trinajstić information content (AvgIpc) is 2.52. The number of rotatable bonds is 1. The van der Waals surface area contributed by atoms with E-state index < -0.39 is 17.3 Å². The fourth-order valence-electron chi connectivity index (χ4n) is 2.66. The highest BCUT2D eigenvalue weighted by Crippen LogP contribution is 2.41. The third-order valence-corrected chi connectivity index (χ3v) is 3.76. The first-order valence-corrected chi connectivity index (χ1v) is 6.73.